The van der Waals surface area contributed by atoms with Gasteiger partial charge in [0, 0.05) is 38.8 Å². The van der Waals surface area contributed by atoms with Gasteiger partial charge >= 0.3 is 0 Å². The lowest BCUT2D eigenvalue weighted by atomic mass is 10.1. The highest BCUT2D eigenvalue weighted by atomic mass is 35.5. The van der Waals surface area contributed by atoms with Gasteiger partial charge in [-0.2, -0.15) is 5.10 Å². The van der Waals surface area contributed by atoms with Gasteiger partial charge in [0.1, 0.15) is 0 Å². The number of rotatable bonds is 4. The molecule has 1 saturated carbocycles. The average Bonchev–Trinajstić information content (AvgIpc) is 3.22. The molecule has 0 amide bonds. The predicted molar refractivity (Wildman–Crippen MR) is 77.4 cm³/mol. The molecule has 1 N–H and O–H groups in total. The molecular formula is C14H23ClN4. The normalized spacial score (nSPS) is 24.9. The summed E-state index contributed by atoms with van der Waals surface area (Å²) in [7, 11) is 0. The molecule has 1 aromatic heterocycles. The Morgan fingerprint density at radius 2 is 2.21 bits per heavy atom. The fourth-order valence-electron chi connectivity index (χ4n) is 3.12. The summed E-state index contributed by atoms with van der Waals surface area (Å²) in [6.07, 6.45) is 2.78. The van der Waals surface area contributed by atoms with E-state index < -0.39 is 0 Å². The number of halogens is 1. The quantitative estimate of drug-likeness (QED) is 0.918. The lowest BCUT2D eigenvalue weighted by Gasteiger charge is -2.36. The van der Waals surface area contributed by atoms with Crippen molar-refractivity contribution in [1.29, 1.82) is 0 Å². The molecule has 1 atom stereocenters. The van der Waals surface area contributed by atoms with Crippen LogP contribution in [0.25, 0.3) is 0 Å². The molecule has 0 bridgehead atoms. The zero-order valence-electron chi connectivity index (χ0n) is 11.8. The third-order valence-electron chi connectivity index (χ3n) is 4.37. The molecule has 2 fully saturated rings. The Hall–Kier alpha value is -0.580. The van der Waals surface area contributed by atoms with Gasteiger partial charge in [-0.1, -0.05) is 11.6 Å². The van der Waals surface area contributed by atoms with E-state index in [4.69, 9.17) is 11.6 Å². The number of piperazine rings is 1. The van der Waals surface area contributed by atoms with Crippen molar-refractivity contribution in [3.8, 4) is 0 Å². The Balaban J connectivity index is 1.79. The van der Waals surface area contributed by atoms with Gasteiger partial charge in [-0.3, -0.25) is 9.58 Å². The minimum absolute atomic E-state index is 0.685. The van der Waals surface area contributed by atoms with E-state index in [1.807, 2.05) is 6.92 Å². The third-order valence-corrected chi connectivity index (χ3v) is 4.86. The van der Waals surface area contributed by atoms with Crippen LogP contribution in [0.15, 0.2) is 0 Å². The molecular weight excluding hydrogens is 260 g/mol. The van der Waals surface area contributed by atoms with Gasteiger partial charge in [-0.15, -0.1) is 0 Å². The highest BCUT2D eigenvalue weighted by Crippen LogP contribution is 2.36. The van der Waals surface area contributed by atoms with Crippen LogP contribution in [0.5, 0.6) is 0 Å². The maximum Gasteiger partial charge on any atom is 0.0860 e. The molecule has 1 aliphatic heterocycles. The summed E-state index contributed by atoms with van der Waals surface area (Å²) in [5.74, 6) is 0.894. The zero-order valence-corrected chi connectivity index (χ0v) is 12.6. The summed E-state index contributed by atoms with van der Waals surface area (Å²) in [4.78, 5) is 2.60. The van der Waals surface area contributed by atoms with Crippen molar-refractivity contribution in [1.82, 2.24) is 20.0 Å². The van der Waals surface area contributed by atoms with Gasteiger partial charge in [0.05, 0.1) is 16.4 Å². The standard InChI is InChI=1S/C14H23ClN4/c1-3-19-13(14(15)10(2)17-19)9-18-7-6-16-8-12(18)11-4-5-11/h11-12,16H,3-9H2,1-2H3. The fourth-order valence-corrected chi connectivity index (χ4v) is 3.32. The van der Waals surface area contributed by atoms with Crippen LogP contribution in [0.1, 0.15) is 31.2 Å². The Labute approximate surface area is 120 Å². The van der Waals surface area contributed by atoms with E-state index in [2.05, 4.69) is 26.9 Å². The Bertz CT molecular complexity index is 453. The van der Waals surface area contributed by atoms with E-state index in [0.29, 0.717) is 6.04 Å². The van der Waals surface area contributed by atoms with Crippen LogP contribution >= 0.6 is 11.6 Å². The first-order chi connectivity index (χ1) is 9.20. The number of nitrogens with one attached hydrogen (secondary N) is 1. The zero-order chi connectivity index (χ0) is 13.4. The van der Waals surface area contributed by atoms with E-state index in [0.717, 1.165) is 49.4 Å². The van der Waals surface area contributed by atoms with E-state index in [1.54, 1.807) is 0 Å². The van der Waals surface area contributed by atoms with E-state index >= 15 is 0 Å². The van der Waals surface area contributed by atoms with Gasteiger partial charge in [0.25, 0.3) is 0 Å². The third kappa shape index (κ3) is 2.67. The summed E-state index contributed by atoms with van der Waals surface area (Å²) < 4.78 is 2.06. The Morgan fingerprint density at radius 1 is 1.42 bits per heavy atom. The number of hydrogen-bond donors (Lipinski definition) is 1. The second-order valence-electron chi connectivity index (χ2n) is 5.74. The van der Waals surface area contributed by atoms with Gasteiger partial charge in [0.2, 0.25) is 0 Å². The Morgan fingerprint density at radius 3 is 2.89 bits per heavy atom. The summed E-state index contributed by atoms with van der Waals surface area (Å²) in [5.41, 5.74) is 2.14. The van der Waals surface area contributed by atoms with Crippen LogP contribution in [-0.4, -0.2) is 40.4 Å². The van der Waals surface area contributed by atoms with Gasteiger partial charge in [-0.05, 0) is 32.6 Å². The van der Waals surface area contributed by atoms with E-state index in [9.17, 15) is 0 Å². The molecule has 106 valence electrons. The molecule has 0 spiro atoms. The first-order valence-corrected chi connectivity index (χ1v) is 7.75. The number of nitrogens with zero attached hydrogens (tertiary/aromatic N) is 3. The summed E-state index contributed by atoms with van der Waals surface area (Å²) in [6, 6.07) is 0.685. The van der Waals surface area contributed by atoms with Crippen molar-refractivity contribution in [2.75, 3.05) is 19.6 Å². The maximum atomic E-state index is 6.43. The van der Waals surface area contributed by atoms with Gasteiger partial charge in [0.15, 0.2) is 0 Å². The molecule has 1 saturated heterocycles. The molecule has 5 heteroatoms. The van der Waals surface area contributed by atoms with Crippen LogP contribution in [0, 0.1) is 12.8 Å². The van der Waals surface area contributed by atoms with Crippen molar-refractivity contribution in [3.63, 3.8) is 0 Å². The SMILES string of the molecule is CCn1nc(C)c(Cl)c1CN1CCNCC1C1CC1. The highest BCUT2D eigenvalue weighted by molar-refractivity contribution is 6.31. The van der Waals surface area contributed by atoms with E-state index in [-0.39, 0.29) is 0 Å². The van der Waals surface area contributed by atoms with Crippen molar-refractivity contribution in [3.05, 3.63) is 16.4 Å². The molecule has 1 unspecified atom stereocenters. The summed E-state index contributed by atoms with van der Waals surface area (Å²) in [6.45, 7) is 9.28. The van der Waals surface area contributed by atoms with E-state index in [1.165, 1.54) is 18.5 Å². The second kappa shape index (κ2) is 5.43. The molecule has 0 aromatic carbocycles. The largest absolute Gasteiger partial charge is 0.314 e. The van der Waals surface area contributed by atoms with Crippen molar-refractivity contribution in [2.45, 2.75) is 45.8 Å². The lowest BCUT2D eigenvalue weighted by Crippen LogP contribution is -2.52. The molecule has 1 aromatic rings. The fraction of sp³-hybridized carbons (Fsp3) is 0.786. The van der Waals surface area contributed by atoms with Crippen LogP contribution in [0.4, 0.5) is 0 Å². The van der Waals surface area contributed by atoms with Gasteiger partial charge < -0.3 is 5.32 Å². The van der Waals surface area contributed by atoms with Crippen molar-refractivity contribution in [2.24, 2.45) is 5.92 Å². The minimum atomic E-state index is 0.685. The van der Waals surface area contributed by atoms with Crippen LogP contribution in [-0.2, 0) is 13.1 Å². The first kappa shape index (κ1) is 13.4. The Kier molecular flexibility index (Phi) is 3.83. The van der Waals surface area contributed by atoms with Gasteiger partial charge in [-0.25, -0.2) is 0 Å². The molecule has 1 aliphatic carbocycles. The summed E-state index contributed by atoms with van der Waals surface area (Å²) in [5, 5.41) is 8.90. The number of hydrogen-bond acceptors (Lipinski definition) is 3. The molecule has 3 rings (SSSR count). The maximum absolute atomic E-state index is 6.43. The van der Waals surface area contributed by atoms with Crippen LogP contribution in [0.2, 0.25) is 5.02 Å². The molecule has 2 heterocycles. The first-order valence-electron chi connectivity index (χ1n) is 7.37. The second-order valence-corrected chi connectivity index (χ2v) is 6.12. The molecule has 19 heavy (non-hydrogen) atoms. The molecule has 0 radical (unpaired) electrons. The van der Waals surface area contributed by atoms with Crippen molar-refractivity contribution >= 4 is 11.6 Å². The average molecular weight is 283 g/mol. The highest BCUT2D eigenvalue weighted by Gasteiger charge is 2.37. The number of aromatic nitrogens is 2. The lowest BCUT2D eigenvalue weighted by molar-refractivity contribution is 0.132. The van der Waals surface area contributed by atoms with Crippen LogP contribution < -0.4 is 5.32 Å². The smallest absolute Gasteiger partial charge is 0.0860 e. The molecule has 4 nitrogen and oxygen atoms in total. The van der Waals surface area contributed by atoms with Crippen LogP contribution in [0.3, 0.4) is 0 Å². The predicted octanol–water partition coefficient (Wildman–Crippen LogP) is 2.05. The monoisotopic (exact) mass is 282 g/mol. The topological polar surface area (TPSA) is 33.1 Å². The summed E-state index contributed by atoms with van der Waals surface area (Å²) >= 11 is 6.43. The number of aryl methyl sites for hydroxylation is 2. The van der Waals surface area contributed by atoms with Crippen molar-refractivity contribution < 1.29 is 0 Å². The minimum Gasteiger partial charge on any atom is -0.314 e. The molecule has 2 aliphatic rings.